The van der Waals surface area contributed by atoms with E-state index in [1.165, 1.54) is 24.0 Å². The minimum atomic E-state index is -0.870. The Morgan fingerprint density at radius 3 is 2.92 bits per heavy atom. The summed E-state index contributed by atoms with van der Waals surface area (Å²) in [4.78, 5) is 0. The number of nitrogens with one attached hydrogen (secondary N) is 1. The molecule has 3 aliphatic carbocycles. The van der Waals surface area contributed by atoms with Crippen molar-refractivity contribution in [1.82, 2.24) is 5.32 Å². The fourth-order valence-corrected chi connectivity index (χ4v) is 5.55. The molecule has 2 fully saturated rings. The van der Waals surface area contributed by atoms with Gasteiger partial charge in [0.25, 0.3) is 0 Å². The van der Waals surface area contributed by atoms with Gasteiger partial charge >= 0.3 is 0 Å². The van der Waals surface area contributed by atoms with Crippen molar-refractivity contribution in [1.29, 1.82) is 0 Å². The van der Waals surface area contributed by atoms with Gasteiger partial charge in [-0.15, -0.1) is 0 Å². The second kappa shape index (κ2) is 5.35. The van der Waals surface area contributed by atoms with E-state index in [9.17, 15) is 4.39 Å². The van der Waals surface area contributed by atoms with Gasteiger partial charge in [-0.25, -0.2) is 4.39 Å². The maximum absolute atomic E-state index is 14.9. The SMILES string of the molecule is COc1ccc2c3c1O[C@@H]1C(F)CCC(CC2)[C@]31CCNC1CC1. The predicted octanol–water partition coefficient (Wildman–Crippen LogP) is 3.53. The van der Waals surface area contributed by atoms with E-state index in [2.05, 4.69) is 11.4 Å². The number of hydrogen-bond donors (Lipinski definition) is 1. The smallest absolute Gasteiger partial charge is 0.165 e. The van der Waals surface area contributed by atoms with Crippen LogP contribution in [-0.4, -0.2) is 32.0 Å². The van der Waals surface area contributed by atoms with Crippen molar-refractivity contribution in [3.05, 3.63) is 23.3 Å². The third-order valence-corrected chi connectivity index (χ3v) is 6.80. The Morgan fingerprint density at radius 2 is 2.12 bits per heavy atom. The molecule has 0 aromatic heterocycles. The Labute approximate surface area is 142 Å². The molecule has 2 unspecified atom stereocenters. The van der Waals surface area contributed by atoms with Gasteiger partial charge in [0, 0.05) is 17.0 Å². The quantitative estimate of drug-likeness (QED) is 0.895. The summed E-state index contributed by atoms with van der Waals surface area (Å²) in [5.41, 5.74) is 2.48. The number of ether oxygens (including phenoxy) is 2. The molecule has 0 radical (unpaired) electrons. The summed E-state index contributed by atoms with van der Waals surface area (Å²) >= 11 is 0. The summed E-state index contributed by atoms with van der Waals surface area (Å²) in [6.45, 7) is 0.962. The fraction of sp³-hybridized carbons (Fsp3) is 0.700. The maximum atomic E-state index is 14.9. The highest BCUT2D eigenvalue weighted by Crippen LogP contribution is 2.62. The van der Waals surface area contributed by atoms with Crippen LogP contribution in [0.4, 0.5) is 4.39 Å². The number of hydrogen-bond acceptors (Lipinski definition) is 3. The van der Waals surface area contributed by atoms with E-state index < -0.39 is 6.17 Å². The summed E-state index contributed by atoms with van der Waals surface area (Å²) < 4.78 is 26.8. The second-order valence-corrected chi connectivity index (χ2v) is 8.02. The first-order chi connectivity index (χ1) is 11.7. The third kappa shape index (κ3) is 1.98. The monoisotopic (exact) mass is 331 g/mol. The Kier molecular flexibility index (Phi) is 3.35. The lowest BCUT2D eigenvalue weighted by Gasteiger charge is -2.49. The standard InChI is InChI=1S/C20H26FNO2/c1-23-16-9-3-12-2-4-13-5-8-15(21)19-20(13,17(12)18(16)24-19)10-11-22-14-6-7-14/h3,9,13-15,19,22H,2,4-8,10-11H2,1H3/t13?,15?,19-,20-/m1/s1. The Bertz CT molecular complexity index is 659. The molecular formula is C20H26FNO2. The summed E-state index contributed by atoms with van der Waals surface area (Å²) in [5.74, 6) is 2.14. The minimum absolute atomic E-state index is 0.156. The van der Waals surface area contributed by atoms with Crippen LogP contribution in [0.3, 0.4) is 0 Å². The summed E-state index contributed by atoms with van der Waals surface area (Å²) in [6, 6.07) is 4.87. The minimum Gasteiger partial charge on any atom is -0.493 e. The molecule has 0 spiro atoms. The third-order valence-electron chi connectivity index (χ3n) is 6.80. The lowest BCUT2D eigenvalue weighted by molar-refractivity contribution is -0.0221. The second-order valence-electron chi connectivity index (χ2n) is 8.02. The molecule has 0 saturated heterocycles. The zero-order valence-electron chi connectivity index (χ0n) is 14.3. The number of benzene rings is 1. The number of aryl methyl sites for hydroxylation is 1. The van der Waals surface area contributed by atoms with E-state index >= 15 is 0 Å². The summed E-state index contributed by atoms with van der Waals surface area (Å²) in [7, 11) is 1.68. The van der Waals surface area contributed by atoms with Crippen molar-refractivity contribution < 1.29 is 13.9 Å². The summed E-state index contributed by atoms with van der Waals surface area (Å²) in [6.07, 6.45) is 6.23. The van der Waals surface area contributed by atoms with Gasteiger partial charge in [-0.2, -0.15) is 0 Å². The first kappa shape index (κ1) is 15.0. The average molecular weight is 331 g/mol. The normalized spacial score (nSPS) is 36.2. The van der Waals surface area contributed by atoms with Crippen molar-refractivity contribution in [2.45, 2.75) is 68.7 Å². The molecular weight excluding hydrogens is 305 g/mol. The van der Waals surface area contributed by atoms with E-state index in [0.29, 0.717) is 18.4 Å². The zero-order valence-corrected chi connectivity index (χ0v) is 14.3. The van der Waals surface area contributed by atoms with Crippen LogP contribution in [0.1, 0.15) is 49.7 Å². The van der Waals surface area contributed by atoms with Crippen LogP contribution in [0, 0.1) is 5.92 Å². The summed E-state index contributed by atoms with van der Waals surface area (Å²) in [5, 5.41) is 3.64. The topological polar surface area (TPSA) is 30.5 Å². The first-order valence-corrected chi connectivity index (χ1v) is 9.48. The Morgan fingerprint density at radius 1 is 1.25 bits per heavy atom. The van der Waals surface area contributed by atoms with Crippen molar-refractivity contribution >= 4 is 0 Å². The molecule has 5 rings (SSSR count). The molecule has 4 heteroatoms. The lowest BCUT2D eigenvalue weighted by Crippen LogP contribution is -2.55. The Hall–Kier alpha value is -1.29. The molecule has 1 aromatic rings. The highest BCUT2D eigenvalue weighted by molar-refractivity contribution is 5.60. The van der Waals surface area contributed by atoms with Crippen molar-refractivity contribution in [2.75, 3.05) is 13.7 Å². The molecule has 1 heterocycles. The number of rotatable bonds is 5. The highest BCUT2D eigenvalue weighted by atomic mass is 19.1. The first-order valence-electron chi connectivity index (χ1n) is 9.48. The van der Waals surface area contributed by atoms with Crippen LogP contribution < -0.4 is 14.8 Å². The van der Waals surface area contributed by atoms with Crippen LogP contribution in [0.15, 0.2) is 12.1 Å². The van der Waals surface area contributed by atoms with Crippen LogP contribution in [0.5, 0.6) is 11.5 Å². The molecule has 3 nitrogen and oxygen atoms in total. The van der Waals surface area contributed by atoms with Crippen molar-refractivity contribution in [2.24, 2.45) is 5.92 Å². The maximum Gasteiger partial charge on any atom is 0.165 e. The van der Waals surface area contributed by atoms with Gasteiger partial charge in [0.05, 0.1) is 7.11 Å². The molecule has 4 aliphatic rings. The van der Waals surface area contributed by atoms with Crippen molar-refractivity contribution in [3.63, 3.8) is 0 Å². The molecule has 4 atom stereocenters. The van der Waals surface area contributed by atoms with Gasteiger partial charge in [0.1, 0.15) is 12.3 Å². The van der Waals surface area contributed by atoms with Crippen LogP contribution in [0.25, 0.3) is 0 Å². The van der Waals surface area contributed by atoms with E-state index in [-0.39, 0.29) is 11.5 Å². The fourth-order valence-electron chi connectivity index (χ4n) is 5.55. The van der Waals surface area contributed by atoms with E-state index in [1.807, 2.05) is 6.07 Å². The largest absolute Gasteiger partial charge is 0.493 e. The molecule has 1 N–H and O–H groups in total. The molecule has 130 valence electrons. The molecule has 1 aromatic carbocycles. The van der Waals surface area contributed by atoms with E-state index in [4.69, 9.17) is 9.47 Å². The molecule has 1 aliphatic heterocycles. The average Bonchev–Trinajstić information content (AvgIpc) is 3.34. The molecule has 2 saturated carbocycles. The number of halogens is 1. The van der Waals surface area contributed by atoms with Gasteiger partial charge in [-0.1, -0.05) is 6.07 Å². The van der Waals surface area contributed by atoms with Crippen LogP contribution in [0.2, 0.25) is 0 Å². The molecule has 0 amide bonds. The lowest BCUT2D eigenvalue weighted by atomic mass is 9.55. The Balaban J connectivity index is 1.60. The predicted molar refractivity (Wildman–Crippen MR) is 90.7 cm³/mol. The van der Waals surface area contributed by atoms with Gasteiger partial charge in [-0.3, -0.25) is 0 Å². The number of methoxy groups -OCH3 is 1. The van der Waals surface area contributed by atoms with Gasteiger partial charge in [0.15, 0.2) is 11.5 Å². The molecule has 0 bridgehead atoms. The molecule has 24 heavy (non-hydrogen) atoms. The van der Waals surface area contributed by atoms with Gasteiger partial charge in [0.2, 0.25) is 0 Å². The highest BCUT2D eigenvalue weighted by Gasteiger charge is 2.61. The number of alkyl halides is 1. The zero-order chi connectivity index (χ0) is 16.3. The van der Waals surface area contributed by atoms with Crippen LogP contribution >= 0.6 is 0 Å². The van der Waals surface area contributed by atoms with Crippen molar-refractivity contribution in [3.8, 4) is 11.5 Å². The van der Waals surface area contributed by atoms with E-state index in [1.54, 1.807) is 7.11 Å². The van der Waals surface area contributed by atoms with E-state index in [0.717, 1.165) is 43.7 Å². The van der Waals surface area contributed by atoms with Crippen LogP contribution in [-0.2, 0) is 11.8 Å². The van der Waals surface area contributed by atoms with Gasteiger partial charge < -0.3 is 14.8 Å². The van der Waals surface area contributed by atoms with Gasteiger partial charge in [-0.05, 0) is 69.0 Å².